The SMILES string of the molecule is CC1OCCC1CNc1nc2ccc(N)cc2[nH]1. The Hall–Kier alpha value is -1.75. The Balaban J connectivity index is 1.71. The first kappa shape index (κ1) is 11.3. The number of nitrogen functional groups attached to an aromatic ring is 1. The van der Waals surface area contributed by atoms with Gasteiger partial charge in [0.15, 0.2) is 0 Å². The molecule has 2 unspecified atom stereocenters. The second kappa shape index (κ2) is 4.49. The van der Waals surface area contributed by atoms with Gasteiger partial charge in [-0.15, -0.1) is 0 Å². The van der Waals surface area contributed by atoms with E-state index < -0.39 is 0 Å². The van der Waals surface area contributed by atoms with Crippen LogP contribution < -0.4 is 11.1 Å². The summed E-state index contributed by atoms with van der Waals surface area (Å²) in [5, 5.41) is 3.34. The number of ether oxygens (including phenoxy) is 1. The number of hydrogen-bond donors (Lipinski definition) is 3. The van der Waals surface area contributed by atoms with Crippen LogP contribution in [0.5, 0.6) is 0 Å². The number of nitrogens with two attached hydrogens (primary N) is 1. The predicted octanol–water partition coefficient (Wildman–Crippen LogP) is 1.98. The van der Waals surface area contributed by atoms with E-state index in [2.05, 4.69) is 22.2 Å². The lowest BCUT2D eigenvalue weighted by molar-refractivity contribution is 0.108. The van der Waals surface area contributed by atoms with Crippen molar-refractivity contribution in [3.8, 4) is 0 Å². The molecule has 3 rings (SSSR count). The summed E-state index contributed by atoms with van der Waals surface area (Å²) in [7, 11) is 0. The summed E-state index contributed by atoms with van der Waals surface area (Å²) in [6.07, 6.45) is 1.44. The minimum Gasteiger partial charge on any atom is -0.399 e. The molecule has 5 nitrogen and oxygen atoms in total. The van der Waals surface area contributed by atoms with Crippen LogP contribution in [0.2, 0.25) is 0 Å². The maximum absolute atomic E-state index is 5.74. The molecule has 96 valence electrons. The smallest absolute Gasteiger partial charge is 0.201 e. The highest BCUT2D eigenvalue weighted by Crippen LogP contribution is 2.21. The van der Waals surface area contributed by atoms with Crippen LogP contribution in [0.4, 0.5) is 11.6 Å². The highest BCUT2D eigenvalue weighted by Gasteiger charge is 2.23. The summed E-state index contributed by atoms with van der Waals surface area (Å²) in [6, 6.07) is 5.68. The first-order valence-corrected chi connectivity index (χ1v) is 6.33. The van der Waals surface area contributed by atoms with Crippen molar-refractivity contribution in [1.29, 1.82) is 0 Å². The van der Waals surface area contributed by atoms with E-state index in [1.807, 2.05) is 18.2 Å². The number of aromatic nitrogens is 2. The van der Waals surface area contributed by atoms with E-state index in [4.69, 9.17) is 10.5 Å². The molecular weight excluding hydrogens is 228 g/mol. The van der Waals surface area contributed by atoms with Crippen LogP contribution in [0.3, 0.4) is 0 Å². The number of benzene rings is 1. The molecular formula is C13H18N4O. The molecule has 1 aromatic carbocycles. The van der Waals surface area contributed by atoms with Crippen molar-refractivity contribution < 1.29 is 4.74 Å². The van der Waals surface area contributed by atoms with Gasteiger partial charge in [0.2, 0.25) is 5.95 Å². The first-order valence-electron chi connectivity index (χ1n) is 6.33. The zero-order valence-electron chi connectivity index (χ0n) is 10.4. The van der Waals surface area contributed by atoms with E-state index in [-0.39, 0.29) is 0 Å². The Bertz CT molecular complexity index is 551. The van der Waals surface area contributed by atoms with Crippen LogP contribution >= 0.6 is 0 Å². The minimum atomic E-state index is 0.331. The maximum Gasteiger partial charge on any atom is 0.201 e. The molecule has 0 spiro atoms. The van der Waals surface area contributed by atoms with E-state index in [1.54, 1.807) is 0 Å². The fraction of sp³-hybridized carbons (Fsp3) is 0.462. The summed E-state index contributed by atoms with van der Waals surface area (Å²) >= 11 is 0. The number of rotatable bonds is 3. The van der Waals surface area contributed by atoms with Crippen LogP contribution in [-0.2, 0) is 4.74 Å². The predicted molar refractivity (Wildman–Crippen MR) is 72.5 cm³/mol. The Labute approximate surface area is 106 Å². The number of anilines is 2. The third kappa shape index (κ3) is 2.13. The number of aromatic amines is 1. The molecule has 0 saturated carbocycles. The maximum atomic E-state index is 5.74. The van der Waals surface area contributed by atoms with Crippen LogP contribution in [0.25, 0.3) is 11.0 Å². The Morgan fingerprint density at radius 1 is 1.56 bits per heavy atom. The van der Waals surface area contributed by atoms with Gasteiger partial charge in [-0.2, -0.15) is 0 Å². The molecule has 0 aliphatic carbocycles. The molecule has 2 aromatic rings. The van der Waals surface area contributed by atoms with E-state index in [0.717, 1.165) is 42.2 Å². The lowest BCUT2D eigenvalue weighted by Crippen LogP contribution is -2.21. The molecule has 2 atom stereocenters. The third-order valence-corrected chi connectivity index (χ3v) is 3.57. The highest BCUT2D eigenvalue weighted by molar-refractivity contribution is 5.80. The van der Waals surface area contributed by atoms with Crippen molar-refractivity contribution in [1.82, 2.24) is 9.97 Å². The Kier molecular flexibility index (Phi) is 2.83. The molecule has 0 amide bonds. The first-order chi connectivity index (χ1) is 8.72. The van der Waals surface area contributed by atoms with Gasteiger partial charge >= 0.3 is 0 Å². The lowest BCUT2D eigenvalue weighted by Gasteiger charge is -2.13. The molecule has 5 heteroatoms. The number of fused-ring (bicyclic) bond motifs is 1. The highest BCUT2D eigenvalue weighted by atomic mass is 16.5. The molecule has 1 aliphatic heterocycles. The fourth-order valence-electron chi connectivity index (χ4n) is 2.38. The molecule has 0 radical (unpaired) electrons. The van der Waals surface area contributed by atoms with E-state index >= 15 is 0 Å². The summed E-state index contributed by atoms with van der Waals surface area (Å²) in [5.74, 6) is 1.36. The Morgan fingerprint density at radius 2 is 2.44 bits per heavy atom. The quantitative estimate of drug-likeness (QED) is 0.724. The van der Waals surface area contributed by atoms with Crippen LogP contribution in [0, 0.1) is 5.92 Å². The van der Waals surface area contributed by atoms with Gasteiger partial charge in [0.25, 0.3) is 0 Å². The molecule has 1 saturated heterocycles. The van der Waals surface area contributed by atoms with Gasteiger partial charge in [-0.05, 0) is 31.5 Å². The van der Waals surface area contributed by atoms with Gasteiger partial charge in [-0.3, -0.25) is 0 Å². The van der Waals surface area contributed by atoms with E-state index in [0.29, 0.717) is 12.0 Å². The number of hydrogen-bond acceptors (Lipinski definition) is 4. The summed E-state index contributed by atoms with van der Waals surface area (Å²) in [5.41, 5.74) is 8.38. The Morgan fingerprint density at radius 3 is 3.22 bits per heavy atom. The monoisotopic (exact) mass is 246 g/mol. The average Bonchev–Trinajstić information content (AvgIpc) is 2.92. The summed E-state index contributed by atoms with van der Waals surface area (Å²) in [6.45, 7) is 3.87. The number of H-pyrrole nitrogens is 1. The number of nitrogens with zero attached hydrogens (tertiary/aromatic N) is 1. The number of nitrogens with one attached hydrogen (secondary N) is 2. The molecule has 1 aliphatic rings. The van der Waals surface area contributed by atoms with Crippen LogP contribution in [-0.4, -0.2) is 29.2 Å². The second-order valence-electron chi connectivity index (χ2n) is 4.87. The standard InChI is InChI=1S/C13H18N4O/c1-8-9(4-5-18-8)7-15-13-16-11-3-2-10(14)6-12(11)17-13/h2-3,6,8-9H,4-5,7,14H2,1H3,(H2,15,16,17). The summed E-state index contributed by atoms with van der Waals surface area (Å²) < 4.78 is 5.54. The number of imidazole rings is 1. The van der Waals surface area contributed by atoms with E-state index in [1.165, 1.54) is 0 Å². The summed E-state index contributed by atoms with van der Waals surface area (Å²) in [4.78, 5) is 7.71. The molecule has 0 bridgehead atoms. The zero-order valence-corrected chi connectivity index (χ0v) is 10.4. The largest absolute Gasteiger partial charge is 0.399 e. The van der Waals surface area contributed by atoms with Gasteiger partial charge < -0.3 is 20.8 Å². The molecule has 2 heterocycles. The average molecular weight is 246 g/mol. The molecule has 18 heavy (non-hydrogen) atoms. The topological polar surface area (TPSA) is 76.0 Å². The van der Waals surface area contributed by atoms with Crippen molar-refractivity contribution in [2.45, 2.75) is 19.4 Å². The van der Waals surface area contributed by atoms with Crippen LogP contribution in [0.1, 0.15) is 13.3 Å². The van der Waals surface area contributed by atoms with Gasteiger partial charge in [-0.1, -0.05) is 0 Å². The molecule has 4 N–H and O–H groups in total. The van der Waals surface area contributed by atoms with Crippen molar-refractivity contribution >= 4 is 22.7 Å². The van der Waals surface area contributed by atoms with Crippen molar-refractivity contribution in [3.05, 3.63) is 18.2 Å². The zero-order chi connectivity index (χ0) is 12.5. The lowest BCUT2D eigenvalue weighted by atomic mass is 10.0. The normalized spacial score (nSPS) is 23.6. The minimum absolute atomic E-state index is 0.331. The van der Waals surface area contributed by atoms with Gasteiger partial charge in [0.05, 0.1) is 17.1 Å². The van der Waals surface area contributed by atoms with Crippen molar-refractivity contribution in [2.75, 3.05) is 24.2 Å². The molecule has 1 fully saturated rings. The molecule has 1 aromatic heterocycles. The van der Waals surface area contributed by atoms with Crippen molar-refractivity contribution in [3.63, 3.8) is 0 Å². The van der Waals surface area contributed by atoms with Gasteiger partial charge in [0, 0.05) is 24.8 Å². The van der Waals surface area contributed by atoms with Gasteiger partial charge in [-0.25, -0.2) is 4.98 Å². The fourth-order valence-corrected chi connectivity index (χ4v) is 2.38. The second-order valence-corrected chi connectivity index (χ2v) is 4.87. The third-order valence-electron chi connectivity index (χ3n) is 3.57. The van der Waals surface area contributed by atoms with Gasteiger partial charge in [0.1, 0.15) is 0 Å². The van der Waals surface area contributed by atoms with E-state index in [9.17, 15) is 0 Å². The van der Waals surface area contributed by atoms with Crippen molar-refractivity contribution in [2.24, 2.45) is 5.92 Å². The van der Waals surface area contributed by atoms with Crippen LogP contribution in [0.15, 0.2) is 18.2 Å².